The molecule has 0 aromatic heterocycles. The highest BCUT2D eigenvalue weighted by Crippen LogP contribution is 2.34. The van der Waals surface area contributed by atoms with Crippen LogP contribution in [-0.4, -0.2) is 24.7 Å². The number of ether oxygens (including phenoxy) is 2. The summed E-state index contributed by atoms with van der Waals surface area (Å²) in [5, 5.41) is 2.95. The minimum atomic E-state index is -0.544. The third kappa shape index (κ3) is 3.88. The van der Waals surface area contributed by atoms with Crippen molar-refractivity contribution in [3.8, 4) is 11.5 Å². The van der Waals surface area contributed by atoms with Crippen LogP contribution in [0.3, 0.4) is 0 Å². The van der Waals surface area contributed by atoms with Gasteiger partial charge in [-0.05, 0) is 32.4 Å². The Kier molecular flexibility index (Phi) is 5.07. The number of nitrogens with one attached hydrogen (secondary N) is 1. The molecule has 3 unspecified atom stereocenters. The topological polar surface area (TPSA) is 73.6 Å². The Bertz CT molecular complexity index is 504. The average Bonchev–Trinajstić information content (AvgIpc) is 2.80. The van der Waals surface area contributed by atoms with Gasteiger partial charge in [0.05, 0.1) is 6.04 Å². The van der Waals surface area contributed by atoms with E-state index in [9.17, 15) is 4.79 Å². The zero-order chi connectivity index (χ0) is 15.4. The number of carbonyl (C=O) groups is 1. The van der Waals surface area contributed by atoms with E-state index in [0.29, 0.717) is 12.4 Å². The van der Waals surface area contributed by atoms with Gasteiger partial charge in [0, 0.05) is 17.7 Å². The molecule has 21 heavy (non-hydrogen) atoms. The molecule has 1 aliphatic heterocycles. The number of amides is 1. The van der Waals surface area contributed by atoms with Crippen molar-refractivity contribution in [3.63, 3.8) is 0 Å². The van der Waals surface area contributed by atoms with Crippen LogP contribution < -0.4 is 20.5 Å². The first-order valence-corrected chi connectivity index (χ1v) is 7.50. The van der Waals surface area contributed by atoms with Gasteiger partial charge in [0.1, 0.15) is 18.1 Å². The molecule has 1 amide bonds. The van der Waals surface area contributed by atoms with Crippen LogP contribution in [0.5, 0.6) is 11.5 Å². The normalized spacial score (nSPS) is 19.3. The molecule has 0 saturated heterocycles. The van der Waals surface area contributed by atoms with Crippen molar-refractivity contribution in [2.24, 2.45) is 5.73 Å². The molecule has 2 rings (SSSR count). The molecule has 0 radical (unpaired) electrons. The van der Waals surface area contributed by atoms with Gasteiger partial charge in [0.2, 0.25) is 0 Å². The summed E-state index contributed by atoms with van der Waals surface area (Å²) in [7, 11) is 0. The monoisotopic (exact) mass is 292 g/mol. The van der Waals surface area contributed by atoms with Gasteiger partial charge in [-0.25, -0.2) is 0 Å². The largest absolute Gasteiger partial charge is 0.491 e. The van der Waals surface area contributed by atoms with Gasteiger partial charge in [0.15, 0.2) is 6.10 Å². The van der Waals surface area contributed by atoms with Crippen LogP contribution in [0.2, 0.25) is 0 Å². The molecule has 116 valence electrons. The SMILES string of the molecule is CCCC(C)NC(=O)C(C)Oc1ccc2c(c1)OCC2N. The van der Waals surface area contributed by atoms with Crippen molar-refractivity contribution in [2.75, 3.05) is 6.61 Å². The Hall–Kier alpha value is -1.75. The lowest BCUT2D eigenvalue weighted by Gasteiger charge is -2.18. The molecule has 1 aliphatic rings. The van der Waals surface area contributed by atoms with Crippen LogP contribution in [0, 0.1) is 0 Å². The molecule has 0 spiro atoms. The van der Waals surface area contributed by atoms with E-state index in [1.807, 2.05) is 19.1 Å². The van der Waals surface area contributed by atoms with Crippen LogP contribution in [0.15, 0.2) is 18.2 Å². The van der Waals surface area contributed by atoms with E-state index in [0.717, 1.165) is 24.2 Å². The van der Waals surface area contributed by atoms with Crippen molar-refractivity contribution in [3.05, 3.63) is 23.8 Å². The number of nitrogens with two attached hydrogens (primary N) is 1. The fourth-order valence-electron chi connectivity index (χ4n) is 2.41. The van der Waals surface area contributed by atoms with Crippen molar-refractivity contribution < 1.29 is 14.3 Å². The van der Waals surface area contributed by atoms with Gasteiger partial charge in [-0.2, -0.15) is 0 Å². The summed E-state index contributed by atoms with van der Waals surface area (Å²) in [4.78, 5) is 12.0. The molecule has 0 saturated carbocycles. The summed E-state index contributed by atoms with van der Waals surface area (Å²) in [6, 6.07) is 5.60. The quantitative estimate of drug-likeness (QED) is 0.842. The van der Waals surface area contributed by atoms with Gasteiger partial charge in [-0.15, -0.1) is 0 Å². The predicted octanol–water partition coefficient (Wildman–Crippen LogP) is 2.15. The maximum Gasteiger partial charge on any atom is 0.260 e. The molecule has 5 heteroatoms. The van der Waals surface area contributed by atoms with E-state index < -0.39 is 6.10 Å². The predicted molar refractivity (Wildman–Crippen MR) is 81.5 cm³/mol. The second kappa shape index (κ2) is 6.80. The van der Waals surface area contributed by atoms with Crippen LogP contribution in [-0.2, 0) is 4.79 Å². The van der Waals surface area contributed by atoms with E-state index in [-0.39, 0.29) is 18.0 Å². The number of benzene rings is 1. The fraction of sp³-hybridized carbons (Fsp3) is 0.562. The lowest BCUT2D eigenvalue weighted by Crippen LogP contribution is -2.41. The third-order valence-electron chi connectivity index (χ3n) is 3.60. The Morgan fingerprint density at radius 2 is 2.29 bits per heavy atom. The first kappa shape index (κ1) is 15.6. The lowest BCUT2D eigenvalue weighted by molar-refractivity contribution is -0.127. The summed E-state index contributed by atoms with van der Waals surface area (Å²) in [6.07, 6.45) is 1.46. The Balaban J connectivity index is 1.93. The maximum absolute atomic E-state index is 12.0. The summed E-state index contributed by atoms with van der Waals surface area (Å²) in [5.41, 5.74) is 6.88. The molecule has 1 aromatic carbocycles. The second-order valence-corrected chi connectivity index (χ2v) is 5.58. The summed E-state index contributed by atoms with van der Waals surface area (Å²) in [5.74, 6) is 1.26. The van der Waals surface area contributed by atoms with Crippen LogP contribution >= 0.6 is 0 Å². The molecular weight excluding hydrogens is 268 g/mol. The molecule has 1 heterocycles. The zero-order valence-corrected chi connectivity index (χ0v) is 12.9. The standard InChI is InChI=1S/C16H24N2O3/c1-4-5-10(2)18-16(19)11(3)21-12-6-7-13-14(17)9-20-15(13)8-12/h6-8,10-11,14H,4-5,9,17H2,1-3H3,(H,18,19). The first-order valence-electron chi connectivity index (χ1n) is 7.50. The van der Waals surface area contributed by atoms with Crippen LogP contribution in [0.4, 0.5) is 0 Å². The van der Waals surface area contributed by atoms with E-state index >= 15 is 0 Å². The van der Waals surface area contributed by atoms with Crippen molar-refractivity contribution in [1.29, 1.82) is 0 Å². The summed E-state index contributed by atoms with van der Waals surface area (Å²) < 4.78 is 11.2. The van der Waals surface area contributed by atoms with Crippen molar-refractivity contribution in [1.82, 2.24) is 5.32 Å². The number of fused-ring (bicyclic) bond motifs is 1. The highest BCUT2D eigenvalue weighted by atomic mass is 16.5. The minimum absolute atomic E-state index is 0.0790. The van der Waals surface area contributed by atoms with Crippen LogP contribution in [0.25, 0.3) is 0 Å². The zero-order valence-electron chi connectivity index (χ0n) is 12.9. The van der Waals surface area contributed by atoms with Gasteiger partial charge >= 0.3 is 0 Å². The van der Waals surface area contributed by atoms with E-state index in [2.05, 4.69) is 12.2 Å². The highest BCUT2D eigenvalue weighted by Gasteiger charge is 2.22. The van der Waals surface area contributed by atoms with Gasteiger partial charge < -0.3 is 20.5 Å². The summed E-state index contributed by atoms with van der Waals surface area (Å²) >= 11 is 0. The Labute approximate surface area is 125 Å². The van der Waals surface area contributed by atoms with Gasteiger partial charge in [-0.3, -0.25) is 4.79 Å². The smallest absolute Gasteiger partial charge is 0.260 e. The van der Waals surface area contributed by atoms with Crippen molar-refractivity contribution in [2.45, 2.75) is 51.8 Å². The number of rotatable bonds is 6. The fourth-order valence-corrected chi connectivity index (χ4v) is 2.41. The number of carbonyl (C=O) groups excluding carboxylic acids is 1. The summed E-state index contributed by atoms with van der Waals surface area (Å²) in [6.45, 7) is 6.33. The van der Waals surface area contributed by atoms with E-state index in [1.165, 1.54) is 0 Å². The highest BCUT2D eigenvalue weighted by molar-refractivity contribution is 5.81. The Morgan fingerprint density at radius 3 is 3.00 bits per heavy atom. The lowest BCUT2D eigenvalue weighted by atomic mass is 10.1. The number of hydrogen-bond donors (Lipinski definition) is 2. The average molecular weight is 292 g/mol. The van der Waals surface area contributed by atoms with Gasteiger partial charge in [-0.1, -0.05) is 13.3 Å². The first-order chi connectivity index (χ1) is 10.0. The van der Waals surface area contributed by atoms with Gasteiger partial charge in [0.25, 0.3) is 5.91 Å². The minimum Gasteiger partial charge on any atom is -0.491 e. The Morgan fingerprint density at radius 1 is 1.52 bits per heavy atom. The molecule has 3 N–H and O–H groups in total. The second-order valence-electron chi connectivity index (χ2n) is 5.58. The third-order valence-corrected chi connectivity index (χ3v) is 3.60. The van der Waals surface area contributed by atoms with E-state index in [1.54, 1.807) is 13.0 Å². The molecule has 0 fully saturated rings. The maximum atomic E-state index is 12.0. The molecule has 0 bridgehead atoms. The number of hydrogen-bond acceptors (Lipinski definition) is 4. The molecule has 3 atom stereocenters. The molecule has 5 nitrogen and oxygen atoms in total. The molecule has 0 aliphatic carbocycles. The van der Waals surface area contributed by atoms with Crippen molar-refractivity contribution >= 4 is 5.91 Å². The molecular formula is C16H24N2O3. The molecule has 1 aromatic rings. The van der Waals surface area contributed by atoms with Crippen LogP contribution in [0.1, 0.15) is 45.2 Å². The van der Waals surface area contributed by atoms with E-state index in [4.69, 9.17) is 15.2 Å².